The van der Waals surface area contributed by atoms with Crippen molar-refractivity contribution in [3.05, 3.63) is 89.5 Å². The zero-order chi connectivity index (χ0) is 28.9. The molecule has 0 aromatic heterocycles. The molecular formula is C32H34ClN3O5. The number of likely N-dealkylation sites (N-methyl/N-ethyl adjacent to an activating group) is 1. The molecule has 2 aromatic carbocycles. The summed E-state index contributed by atoms with van der Waals surface area (Å²) in [7, 11) is 1.72. The molecule has 6 rings (SSSR count). The van der Waals surface area contributed by atoms with Crippen LogP contribution in [0.25, 0.3) is 0 Å². The minimum absolute atomic E-state index is 0.184. The van der Waals surface area contributed by atoms with Gasteiger partial charge in [0, 0.05) is 30.8 Å². The third-order valence-electron chi connectivity index (χ3n) is 9.14. The number of aliphatic hydroxyl groups excluding tert-OH is 1. The molecule has 41 heavy (non-hydrogen) atoms. The minimum Gasteiger partial charge on any atom is -0.394 e. The molecule has 6 atom stereocenters. The first-order chi connectivity index (χ1) is 19.8. The van der Waals surface area contributed by atoms with E-state index in [0.717, 1.165) is 5.56 Å². The zero-order valence-corrected chi connectivity index (χ0v) is 23.9. The van der Waals surface area contributed by atoms with Crippen LogP contribution in [-0.4, -0.2) is 82.7 Å². The van der Waals surface area contributed by atoms with E-state index in [4.69, 9.17) is 16.3 Å². The number of hydrogen-bond donors (Lipinski definition) is 1. The number of amides is 3. The normalized spacial score (nSPS) is 31.6. The Morgan fingerprint density at radius 1 is 0.951 bits per heavy atom. The molecule has 0 aliphatic carbocycles. The summed E-state index contributed by atoms with van der Waals surface area (Å²) in [4.78, 5) is 48.0. The van der Waals surface area contributed by atoms with Gasteiger partial charge in [-0.15, -0.1) is 0 Å². The first-order valence-corrected chi connectivity index (χ1v) is 14.5. The van der Waals surface area contributed by atoms with E-state index in [2.05, 4.69) is 0 Å². The van der Waals surface area contributed by atoms with Crippen molar-refractivity contribution in [3.8, 4) is 0 Å². The number of hydrogen-bond acceptors (Lipinski definition) is 5. The van der Waals surface area contributed by atoms with Gasteiger partial charge >= 0.3 is 0 Å². The number of ether oxygens (including phenoxy) is 1. The lowest BCUT2D eigenvalue weighted by Gasteiger charge is -2.40. The summed E-state index contributed by atoms with van der Waals surface area (Å²) in [6.07, 6.45) is 8.31. The number of benzene rings is 2. The highest BCUT2D eigenvalue weighted by molar-refractivity contribution is 6.30. The standard InChI is InChI=1S/C32H34ClN3O5/c1-3-31-15-7-17-34(2)28(38)25(31)26-29(39)36(24(20-37)19-21-9-5-4-6-10-21)27-30(40)35(18-8-16-32(26,27)41-31)23-13-11-22(33)12-14-23/h4-16,24-27,37H,3,17-20H2,1-2H3/t24-,25-,26+,27?,31+,32+/m1/s1. The number of aliphatic hydroxyl groups is 1. The molecule has 1 unspecified atom stereocenters. The van der Waals surface area contributed by atoms with Gasteiger partial charge in [0.1, 0.15) is 11.6 Å². The third kappa shape index (κ3) is 4.23. The molecule has 0 bridgehead atoms. The van der Waals surface area contributed by atoms with Crippen LogP contribution < -0.4 is 4.90 Å². The monoisotopic (exact) mass is 575 g/mol. The zero-order valence-electron chi connectivity index (χ0n) is 23.2. The first-order valence-electron chi connectivity index (χ1n) is 14.1. The van der Waals surface area contributed by atoms with Crippen LogP contribution in [0.15, 0.2) is 78.9 Å². The number of rotatable bonds is 6. The van der Waals surface area contributed by atoms with E-state index >= 15 is 0 Å². The van der Waals surface area contributed by atoms with Crippen molar-refractivity contribution in [1.82, 2.24) is 9.80 Å². The smallest absolute Gasteiger partial charge is 0.253 e. The summed E-state index contributed by atoms with van der Waals surface area (Å²) in [5, 5.41) is 11.2. The first kappa shape index (κ1) is 27.7. The highest BCUT2D eigenvalue weighted by atomic mass is 35.5. The summed E-state index contributed by atoms with van der Waals surface area (Å²) in [5.41, 5.74) is -0.874. The van der Waals surface area contributed by atoms with Crippen LogP contribution in [0.3, 0.4) is 0 Å². The highest BCUT2D eigenvalue weighted by Crippen LogP contribution is 2.59. The van der Waals surface area contributed by atoms with Gasteiger partial charge in [0.15, 0.2) is 0 Å². The van der Waals surface area contributed by atoms with Crippen molar-refractivity contribution < 1.29 is 24.2 Å². The Bertz CT molecular complexity index is 1410. The van der Waals surface area contributed by atoms with Crippen molar-refractivity contribution >= 4 is 35.0 Å². The molecule has 9 heteroatoms. The molecule has 3 amide bonds. The van der Waals surface area contributed by atoms with Crippen LogP contribution >= 0.6 is 11.6 Å². The Balaban J connectivity index is 1.52. The molecule has 8 nitrogen and oxygen atoms in total. The summed E-state index contributed by atoms with van der Waals surface area (Å²) >= 11 is 6.14. The lowest BCUT2D eigenvalue weighted by atomic mass is 9.73. The van der Waals surface area contributed by atoms with Gasteiger partial charge in [-0.3, -0.25) is 14.4 Å². The number of carbonyl (C=O) groups excluding carboxylic acids is 3. The van der Waals surface area contributed by atoms with Crippen molar-refractivity contribution in [1.29, 1.82) is 0 Å². The third-order valence-corrected chi connectivity index (χ3v) is 9.39. The summed E-state index contributed by atoms with van der Waals surface area (Å²) in [6, 6.07) is 14.8. The fourth-order valence-electron chi connectivity index (χ4n) is 7.20. The summed E-state index contributed by atoms with van der Waals surface area (Å²) in [5.74, 6) is -2.60. The molecule has 2 fully saturated rings. The maximum Gasteiger partial charge on any atom is 0.253 e. The van der Waals surface area contributed by atoms with Gasteiger partial charge in [0.05, 0.1) is 30.1 Å². The number of likely N-dealkylation sites (tertiary alicyclic amines) is 1. The second kappa shape index (κ2) is 10.4. The van der Waals surface area contributed by atoms with Gasteiger partial charge in [-0.05, 0) is 42.7 Å². The van der Waals surface area contributed by atoms with E-state index < -0.39 is 35.1 Å². The molecular weight excluding hydrogens is 542 g/mol. The van der Waals surface area contributed by atoms with Crippen LogP contribution in [0.2, 0.25) is 5.02 Å². The molecule has 4 heterocycles. The number of nitrogens with zero attached hydrogens (tertiary/aromatic N) is 3. The SMILES string of the molecule is CC[C@]12C=CCN(C)C(=O)[C@H]1[C@H]1C(=O)N([C@@H](CO)Cc3ccccc3)C3C(=O)N(c4ccc(Cl)cc4)CC=C[C@@]31O2. The van der Waals surface area contributed by atoms with E-state index in [1.165, 1.54) is 4.90 Å². The molecule has 0 radical (unpaired) electrons. The van der Waals surface area contributed by atoms with Crippen LogP contribution in [0.1, 0.15) is 18.9 Å². The number of fused-ring (bicyclic) bond motifs is 2. The average Bonchev–Trinajstić information content (AvgIpc) is 3.29. The largest absolute Gasteiger partial charge is 0.394 e. The van der Waals surface area contributed by atoms with E-state index in [1.807, 2.05) is 61.6 Å². The lowest BCUT2D eigenvalue weighted by Crippen LogP contribution is -2.59. The van der Waals surface area contributed by atoms with Crippen molar-refractivity contribution in [3.63, 3.8) is 0 Å². The summed E-state index contributed by atoms with van der Waals surface area (Å²) < 4.78 is 6.98. The molecule has 214 valence electrons. The van der Waals surface area contributed by atoms with E-state index in [-0.39, 0.29) is 30.9 Å². The van der Waals surface area contributed by atoms with Gasteiger partial charge in [-0.2, -0.15) is 0 Å². The maximum absolute atomic E-state index is 14.7. The predicted molar refractivity (Wildman–Crippen MR) is 155 cm³/mol. The van der Waals surface area contributed by atoms with Crippen molar-refractivity contribution in [2.24, 2.45) is 11.8 Å². The van der Waals surface area contributed by atoms with Crippen molar-refractivity contribution in [2.75, 3.05) is 31.6 Å². The second-order valence-corrected chi connectivity index (χ2v) is 11.8. The molecule has 2 aromatic rings. The van der Waals surface area contributed by atoms with Gasteiger partial charge in [-0.1, -0.05) is 73.2 Å². The average molecular weight is 576 g/mol. The Morgan fingerprint density at radius 2 is 1.66 bits per heavy atom. The molecule has 0 saturated carbocycles. The van der Waals surface area contributed by atoms with Crippen LogP contribution in [0.5, 0.6) is 0 Å². The maximum atomic E-state index is 14.7. The summed E-state index contributed by atoms with van der Waals surface area (Å²) in [6.45, 7) is 2.26. The molecule has 2 saturated heterocycles. The van der Waals surface area contributed by atoms with E-state index in [0.29, 0.717) is 30.1 Å². The predicted octanol–water partition coefficient (Wildman–Crippen LogP) is 3.24. The second-order valence-electron chi connectivity index (χ2n) is 11.3. The molecule has 4 aliphatic rings. The van der Waals surface area contributed by atoms with Gasteiger partial charge in [0.2, 0.25) is 11.8 Å². The van der Waals surface area contributed by atoms with E-state index in [1.54, 1.807) is 41.1 Å². The Labute approximate surface area is 244 Å². The lowest BCUT2D eigenvalue weighted by molar-refractivity contribution is -0.152. The fourth-order valence-corrected chi connectivity index (χ4v) is 7.33. The molecule has 1 N–H and O–H groups in total. The van der Waals surface area contributed by atoms with Crippen LogP contribution in [0, 0.1) is 11.8 Å². The molecule has 4 aliphatic heterocycles. The van der Waals surface area contributed by atoms with Gasteiger partial charge in [-0.25, -0.2) is 0 Å². The number of carbonyl (C=O) groups is 3. The highest BCUT2D eigenvalue weighted by Gasteiger charge is 2.75. The van der Waals surface area contributed by atoms with Gasteiger partial charge < -0.3 is 24.5 Å². The Hall–Kier alpha value is -3.46. The number of anilines is 1. The topological polar surface area (TPSA) is 90.4 Å². The van der Waals surface area contributed by atoms with E-state index in [9.17, 15) is 19.5 Å². The fraction of sp³-hybridized carbons (Fsp3) is 0.406. The van der Waals surface area contributed by atoms with Crippen molar-refractivity contribution in [2.45, 2.75) is 43.1 Å². The quantitative estimate of drug-likeness (QED) is 0.534. The molecule has 1 spiro atoms. The number of halogens is 1. The minimum atomic E-state index is -1.39. The van der Waals surface area contributed by atoms with Crippen LogP contribution in [0.4, 0.5) is 5.69 Å². The Kier molecular flexibility index (Phi) is 7.04. The Morgan fingerprint density at radius 3 is 2.34 bits per heavy atom. The van der Waals surface area contributed by atoms with Gasteiger partial charge in [0.25, 0.3) is 5.91 Å². The van der Waals surface area contributed by atoms with Crippen LogP contribution in [-0.2, 0) is 25.5 Å².